The first-order valence-electron chi connectivity index (χ1n) is 8.83. The Morgan fingerprint density at radius 2 is 1.88 bits per heavy atom. The molecule has 0 spiro atoms. The Balaban J connectivity index is 1.86. The first-order valence-corrected chi connectivity index (χ1v) is 8.83. The van der Waals surface area contributed by atoms with Crippen LogP contribution >= 0.6 is 0 Å². The molecule has 0 bridgehead atoms. The van der Waals surface area contributed by atoms with E-state index in [0.717, 1.165) is 5.56 Å². The average Bonchev–Trinajstić information content (AvgIpc) is 2.59. The van der Waals surface area contributed by atoms with Crippen molar-refractivity contribution in [3.05, 3.63) is 47.4 Å². The highest BCUT2D eigenvalue weighted by molar-refractivity contribution is 6.52. The maximum absolute atomic E-state index is 12.2. The molecule has 0 aromatic heterocycles. The SMILES string of the molecule is CC(C)(O)C(C)(C)OB(O)C1=CCN(C(=O)OCc2ccccc2)CC1. The van der Waals surface area contributed by atoms with E-state index in [-0.39, 0.29) is 12.7 Å². The number of amides is 1. The summed E-state index contributed by atoms with van der Waals surface area (Å²) in [5, 5.41) is 20.4. The fourth-order valence-electron chi connectivity index (χ4n) is 2.38. The van der Waals surface area contributed by atoms with Gasteiger partial charge in [0, 0.05) is 13.1 Å². The summed E-state index contributed by atoms with van der Waals surface area (Å²) in [6.45, 7) is 7.77. The molecule has 0 fully saturated rings. The van der Waals surface area contributed by atoms with Crippen molar-refractivity contribution >= 4 is 13.2 Å². The molecule has 26 heavy (non-hydrogen) atoms. The minimum atomic E-state index is -1.11. The van der Waals surface area contributed by atoms with Gasteiger partial charge in [0.05, 0.1) is 11.2 Å². The number of ether oxygens (including phenoxy) is 1. The van der Waals surface area contributed by atoms with E-state index < -0.39 is 18.3 Å². The normalized spacial score (nSPS) is 15.5. The third kappa shape index (κ3) is 5.33. The molecule has 142 valence electrons. The maximum Gasteiger partial charge on any atom is 0.487 e. The first-order chi connectivity index (χ1) is 12.1. The van der Waals surface area contributed by atoms with Crippen LogP contribution in [0.1, 0.15) is 39.7 Å². The van der Waals surface area contributed by atoms with Crippen LogP contribution in [0.15, 0.2) is 41.9 Å². The van der Waals surface area contributed by atoms with Crippen molar-refractivity contribution in [2.24, 2.45) is 0 Å². The highest BCUT2D eigenvalue weighted by Gasteiger charge is 2.40. The molecule has 7 heteroatoms. The standard InChI is InChI=1S/C19H28BNO5/c1-18(2,23)19(3,4)26-20(24)16-10-12-21(13-11-16)17(22)25-14-15-8-6-5-7-9-15/h5-10,23-24H,11-14H2,1-4H3. The lowest BCUT2D eigenvalue weighted by Crippen LogP contribution is -2.51. The molecule has 1 aromatic rings. The molecule has 0 atom stereocenters. The van der Waals surface area contributed by atoms with Crippen LogP contribution in [0, 0.1) is 0 Å². The second-order valence-electron chi connectivity index (χ2n) is 7.55. The summed E-state index contributed by atoms with van der Waals surface area (Å²) in [6, 6.07) is 9.51. The van der Waals surface area contributed by atoms with Crippen molar-refractivity contribution < 1.29 is 24.3 Å². The summed E-state index contributed by atoms with van der Waals surface area (Å²) >= 11 is 0. The zero-order valence-electron chi connectivity index (χ0n) is 15.9. The lowest BCUT2D eigenvalue weighted by Gasteiger charge is -2.39. The number of carbonyl (C=O) groups excluding carboxylic acids is 1. The third-order valence-corrected chi connectivity index (χ3v) is 4.90. The van der Waals surface area contributed by atoms with Crippen LogP contribution in [-0.2, 0) is 16.0 Å². The Kier molecular flexibility index (Phi) is 6.50. The highest BCUT2D eigenvalue weighted by atomic mass is 16.6. The predicted octanol–water partition coefficient (Wildman–Crippen LogP) is 2.54. The predicted molar refractivity (Wildman–Crippen MR) is 100 cm³/mol. The largest absolute Gasteiger partial charge is 0.487 e. The van der Waals surface area contributed by atoms with Gasteiger partial charge in [0.1, 0.15) is 6.61 Å². The lowest BCUT2D eigenvalue weighted by molar-refractivity contribution is -0.0990. The van der Waals surface area contributed by atoms with Gasteiger partial charge in [-0.3, -0.25) is 0 Å². The Labute approximate surface area is 155 Å². The quantitative estimate of drug-likeness (QED) is 0.762. The smallest absolute Gasteiger partial charge is 0.445 e. The van der Waals surface area contributed by atoms with E-state index >= 15 is 0 Å². The minimum absolute atomic E-state index is 0.234. The Morgan fingerprint density at radius 3 is 2.42 bits per heavy atom. The fraction of sp³-hybridized carbons (Fsp3) is 0.526. The first kappa shape index (κ1) is 20.5. The summed E-state index contributed by atoms with van der Waals surface area (Å²) in [7, 11) is -1.11. The van der Waals surface area contributed by atoms with E-state index in [1.54, 1.807) is 38.7 Å². The zero-order valence-corrected chi connectivity index (χ0v) is 15.9. The molecule has 1 amide bonds. The molecule has 6 nitrogen and oxygen atoms in total. The number of benzene rings is 1. The second-order valence-corrected chi connectivity index (χ2v) is 7.55. The highest BCUT2D eigenvalue weighted by Crippen LogP contribution is 2.27. The van der Waals surface area contributed by atoms with E-state index in [1.807, 2.05) is 30.3 Å². The molecular weight excluding hydrogens is 333 g/mol. The second kappa shape index (κ2) is 8.25. The van der Waals surface area contributed by atoms with Crippen LogP contribution < -0.4 is 0 Å². The van der Waals surface area contributed by atoms with Crippen LogP contribution in [0.3, 0.4) is 0 Å². The van der Waals surface area contributed by atoms with Gasteiger partial charge in [0.2, 0.25) is 0 Å². The zero-order chi connectivity index (χ0) is 19.4. The monoisotopic (exact) mass is 361 g/mol. The van der Waals surface area contributed by atoms with E-state index in [1.165, 1.54) is 0 Å². The van der Waals surface area contributed by atoms with Crippen molar-refractivity contribution in [2.45, 2.75) is 51.9 Å². The van der Waals surface area contributed by atoms with Crippen molar-refractivity contribution in [3.63, 3.8) is 0 Å². The molecule has 1 aromatic carbocycles. The van der Waals surface area contributed by atoms with E-state index in [0.29, 0.717) is 25.0 Å². The summed E-state index contributed by atoms with van der Waals surface area (Å²) in [5.74, 6) is 0. The Hall–Kier alpha value is -1.83. The molecule has 1 aliphatic rings. The molecule has 0 saturated carbocycles. The Bertz CT molecular complexity index is 639. The van der Waals surface area contributed by atoms with Crippen LogP contribution in [0.4, 0.5) is 4.79 Å². The van der Waals surface area contributed by atoms with Crippen molar-refractivity contribution in [3.8, 4) is 0 Å². The van der Waals surface area contributed by atoms with Crippen LogP contribution in [0.2, 0.25) is 0 Å². The number of aliphatic hydroxyl groups is 1. The van der Waals surface area contributed by atoms with Gasteiger partial charge < -0.3 is 24.4 Å². The molecule has 2 rings (SSSR count). The Morgan fingerprint density at radius 1 is 1.23 bits per heavy atom. The summed E-state index contributed by atoms with van der Waals surface area (Å²) < 4.78 is 11.0. The number of hydrogen-bond donors (Lipinski definition) is 2. The molecule has 2 N–H and O–H groups in total. The molecule has 0 aliphatic carbocycles. The molecule has 0 unspecified atom stereocenters. The van der Waals surface area contributed by atoms with E-state index in [9.17, 15) is 14.9 Å². The van der Waals surface area contributed by atoms with E-state index in [4.69, 9.17) is 9.39 Å². The summed E-state index contributed by atoms with van der Waals surface area (Å²) in [4.78, 5) is 13.7. The third-order valence-electron chi connectivity index (χ3n) is 4.90. The number of rotatable bonds is 6. The van der Waals surface area contributed by atoms with Gasteiger partial charge in [-0.2, -0.15) is 0 Å². The van der Waals surface area contributed by atoms with Gasteiger partial charge in [-0.05, 0) is 45.2 Å². The minimum Gasteiger partial charge on any atom is -0.445 e. The van der Waals surface area contributed by atoms with Gasteiger partial charge in [-0.15, -0.1) is 0 Å². The van der Waals surface area contributed by atoms with Gasteiger partial charge in [0.15, 0.2) is 0 Å². The summed E-state index contributed by atoms with van der Waals surface area (Å²) in [6.07, 6.45) is 1.89. The van der Waals surface area contributed by atoms with Gasteiger partial charge in [0.25, 0.3) is 0 Å². The van der Waals surface area contributed by atoms with Gasteiger partial charge >= 0.3 is 13.2 Å². The number of carbonyl (C=O) groups is 1. The molecule has 0 radical (unpaired) electrons. The number of nitrogens with zero attached hydrogens (tertiary/aromatic N) is 1. The van der Waals surface area contributed by atoms with Crippen LogP contribution in [-0.4, -0.2) is 52.5 Å². The topological polar surface area (TPSA) is 79.2 Å². The molecular formula is C19H28BNO5. The van der Waals surface area contributed by atoms with Gasteiger partial charge in [-0.1, -0.05) is 36.4 Å². The average molecular weight is 361 g/mol. The molecule has 1 aliphatic heterocycles. The summed E-state index contributed by atoms with van der Waals surface area (Å²) in [5.41, 5.74) is -0.378. The van der Waals surface area contributed by atoms with Crippen molar-refractivity contribution in [2.75, 3.05) is 13.1 Å². The molecule has 0 saturated heterocycles. The van der Waals surface area contributed by atoms with Gasteiger partial charge in [-0.25, -0.2) is 4.79 Å². The number of hydrogen-bond acceptors (Lipinski definition) is 5. The fourth-order valence-corrected chi connectivity index (χ4v) is 2.38. The van der Waals surface area contributed by atoms with E-state index in [2.05, 4.69) is 0 Å². The maximum atomic E-state index is 12.2. The van der Waals surface area contributed by atoms with Crippen molar-refractivity contribution in [1.82, 2.24) is 4.90 Å². The lowest BCUT2D eigenvalue weighted by atomic mass is 9.73. The van der Waals surface area contributed by atoms with Crippen LogP contribution in [0.5, 0.6) is 0 Å². The molecule has 1 heterocycles. The van der Waals surface area contributed by atoms with Crippen LogP contribution in [0.25, 0.3) is 0 Å². The van der Waals surface area contributed by atoms with Crippen molar-refractivity contribution in [1.29, 1.82) is 0 Å².